The van der Waals surface area contributed by atoms with Crippen LogP contribution in [0.1, 0.15) is 13.3 Å². The molecule has 0 saturated carbocycles. The lowest BCUT2D eigenvalue weighted by Gasteiger charge is -2.17. The van der Waals surface area contributed by atoms with Crippen molar-refractivity contribution in [3.8, 4) is 0 Å². The summed E-state index contributed by atoms with van der Waals surface area (Å²) in [5.41, 5.74) is 0. The number of hydrogen-bond donors (Lipinski definition) is 0. The Morgan fingerprint density at radius 1 is 1.62 bits per heavy atom. The molecule has 0 aromatic carbocycles. The molecule has 0 heterocycles. The molecule has 1 atom stereocenters. The summed E-state index contributed by atoms with van der Waals surface area (Å²) in [5.74, 6) is 0. The summed E-state index contributed by atoms with van der Waals surface area (Å²) < 4.78 is 0.566. The van der Waals surface area contributed by atoms with Crippen molar-refractivity contribution >= 4 is 34.4 Å². The van der Waals surface area contributed by atoms with Crippen LogP contribution in [0, 0.1) is 0 Å². The van der Waals surface area contributed by atoms with E-state index in [2.05, 4.69) is 35.9 Å². The Balaban J connectivity index is 3.62. The maximum absolute atomic E-state index is 6.08. The fourth-order valence-corrected chi connectivity index (χ4v) is 1.92. The molecular weight excluding hydrogens is 203 g/mol. The van der Waals surface area contributed by atoms with E-state index in [4.69, 9.17) is 11.1 Å². The Hall–Kier alpha value is 0.987. The third-order valence-corrected chi connectivity index (χ3v) is 8.66. The minimum absolute atomic E-state index is 0.566. The molecule has 0 amide bonds. The van der Waals surface area contributed by atoms with E-state index in [0.29, 0.717) is 4.45 Å². The van der Waals surface area contributed by atoms with Crippen molar-refractivity contribution in [2.45, 2.75) is 30.9 Å². The average Bonchev–Trinajstić information content (AvgIpc) is 1.62. The average molecular weight is 216 g/mol. The quantitative estimate of drug-likeness (QED) is 0.377. The van der Waals surface area contributed by atoms with E-state index in [1.165, 1.54) is 0 Å². The highest BCUT2D eigenvalue weighted by Gasteiger charge is 2.25. The van der Waals surface area contributed by atoms with Crippen molar-refractivity contribution < 1.29 is 0 Å². The zero-order valence-corrected chi connectivity index (χ0v) is 8.88. The fourth-order valence-electron chi connectivity index (χ4n) is 0.485. The summed E-state index contributed by atoms with van der Waals surface area (Å²) in [6.45, 7) is 6.45. The van der Waals surface area contributed by atoms with Crippen LogP contribution in [0.15, 0.2) is 0 Å². The summed E-state index contributed by atoms with van der Waals surface area (Å²) in [7, 11) is -1.37. The van der Waals surface area contributed by atoms with Crippen molar-refractivity contribution in [3.05, 3.63) is 0 Å². The van der Waals surface area contributed by atoms with E-state index in [-0.39, 0.29) is 0 Å². The number of halogens is 2. The molecule has 3 heteroatoms. The summed E-state index contributed by atoms with van der Waals surface area (Å²) in [6.07, 6.45) is 1.14. The van der Waals surface area contributed by atoms with Crippen LogP contribution >= 0.6 is 27.0 Å². The molecule has 0 spiro atoms. The predicted octanol–water partition coefficient (Wildman–Crippen LogP) is 3.14. The lowest BCUT2D eigenvalue weighted by atomic mass is 10.6. The maximum Gasteiger partial charge on any atom is 0.163 e. The molecule has 0 fully saturated rings. The molecule has 0 aliphatic carbocycles. The first kappa shape index (κ1) is 8.99. The monoisotopic (exact) mass is 214 g/mol. The van der Waals surface area contributed by atoms with Crippen molar-refractivity contribution in [2.24, 2.45) is 0 Å². The minimum Gasteiger partial charge on any atom is -0.166 e. The molecule has 0 aromatic rings. The van der Waals surface area contributed by atoms with Crippen LogP contribution in [0.5, 0.6) is 0 Å². The van der Waals surface area contributed by atoms with Gasteiger partial charge in [0.1, 0.15) is 0 Å². The summed E-state index contributed by atoms with van der Waals surface area (Å²) in [4.78, 5) is 0. The van der Waals surface area contributed by atoms with Gasteiger partial charge in [-0.15, -0.1) is 0 Å². The first-order valence-corrected chi connectivity index (χ1v) is 7.82. The van der Waals surface area contributed by atoms with E-state index < -0.39 is 7.38 Å². The Bertz CT molecular complexity index is 69.3. The largest absolute Gasteiger partial charge is 0.166 e. The van der Waals surface area contributed by atoms with Crippen LogP contribution in [0.3, 0.4) is 0 Å². The molecule has 50 valence electrons. The van der Waals surface area contributed by atoms with Crippen LogP contribution in [-0.2, 0) is 0 Å². The van der Waals surface area contributed by atoms with Gasteiger partial charge in [0.05, 0.1) is 0 Å². The Morgan fingerprint density at radius 3 is 2.00 bits per heavy atom. The normalized spacial score (nSPS) is 16.1. The van der Waals surface area contributed by atoms with Crippen LogP contribution in [-0.4, -0.2) is 11.8 Å². The Kier molecular flexibility index (Phi) is 3.63. The van der Waals surface area contributed by atoms with E-state index in [1.54, 1.807) is 0 Å². The zero-order valence-electron chi connectivity index (χ0n) is 5.54. The van der Waals surface area contributed by atoms with Crippen molar-refractivity contribution in [1.29, 1.82) is 0 Å². The number of hydrogen-bond acceptors (Lipinski definition) is 0. The van der Waals surface area contributed by atoms with Gasteiger partial charge < -0.3 is 0 Å². The Labute approximate surface area is 65.5 Å². The standard InChI is InChI=1S/C5H12BrClSi/c1-4-5(6)8(2,3)7/h5H,4H2,1-3H3. The summed E-state index contributed by atoms with van der Waals surface area (Å²) >= 11 is 9.60. The molecule has 8 heavy (non-hydrogen) atoms. The first-order chi connectivity index (χ1) is 3.48. The first-order valence-electron chi connectivity index (χ1n) is 2.81. The van der Waals surface area contributed by atoms with Crippen LogP contribution < -0.4 is 0 Å². The summed E-state index contributed by atoms with van der Waals surface area (Å²) in [5, 5.41) is 0. The van der Waals surface area contributed by atoms with Gasteiger partial charge in [0, 0.05) is 4.45 Å². The third kappa shape index (κ3) is 3.10. The van der Waals surface area contributed by atoms with Gasteiger partial charge in [-0.3, -0.25) is 0 Å². The molecule has 1 unspecified atom stereocenters. The van der Waals surface area contributed by atoms with Gasteiger partial charge in [-0.2, -0.15) is 11.1 Å². The van der Waals surface area contributed by atoms with Crippen LogP contribution in [0.2, 0.25) is 13.1 Å². The van der Waals surface area contributed by atoms with Crippen molar-refractivity contribution in [3.63, 3.8) is 0 Å². The maximum atomic E-state index is 6.08. The zero-order chi connectivity index (χ0) is 6.78. The van der Waals surface area contributed by atoms with E-state index in [0.717, 1.165) is 6.42 Å². The van der Waals surface area contributed by atoms with E-state index in [9.17, 15) is 0 Å². The third-order valence-electron chi connectivity index (χ3n) is 1.10. The van der Waals surface area contributed by atoms with Crippen LogP contribution in [0.25, 0.3) is 0 Å². The molecule has 0 aliphatic heterocycles. The van der Waals surface area contributed by atoms with Gasteiger partial charge in [0.25, 0.3) is 0 Å². The van der Waals surface area contributed by atoms with Gasteiger partial charge >= 0.3 is 0 Å². The van der Waals surface area contributed by atoms with Crippen molar-refractivity contribution in [2.75, 3.05) is 0 Å². The molecule has 0 rings (SSSR count). The number of alkyl halides is 1. The van der Waals surface area contributed by atoms with Gasteiger partial charge in [-0.05, 0) is 6.42 Å². The Morgan fingerprint density at radius 2 is 2.00 bits per heavy atom. The lowest BCUT2D eigenvalue weighted by molar-refractivity contribution is 1.03. The molecule has 0 aliphatic rings. The lowest BCUT2D eigenvalue weighted by Crippen LogP contribution is -2.29. The van der Waals surface area contributed by atoms with Crippen molar-refractivity contribution in [1.82, 2.24) is 0 Å². The van der Waals surface area contributed by atoms with Crippen LogP contribution in [0.4, 0.5) is 0 Å². The van der Waals surface area contributed by atoms with Gasteiger partial charge in [-0.25, -0.2) is 0 Å². The van der Waals surface area contributed by atoms with Gasteiger partial charge in [-0.1, -0.05) is 35.9 Å². The molecular formula is C5H12BrClSi. The minimum atomic E-state index is -1.37. The fraction of sp³-hybridized carbons (Fsp3) is 1.00. The second kappa shape index (κ2) is 3.23. The number of rotatable bonds is 2. The molecule has 0 aromatic heterocycles. The molecule has 0 saturated heterocycles. The van der Waals surface area contributed by atoms with Gasteiger partial charge in [0.15, 0.2) is 7.38 Å². The van der Waals surface area contributed by atoms with E-state index >= 15 is 0 Å². The second-order valence-corrected chi connectivity index (χ2v) is 11.1. The second-order valence-electron chi connectivity index (χ2n) is 2.44. The summed E-state index contributed by atoms with van der Waals surface area (Å²) in [6, 6.07) is 0. The molecule has 0 radical (unpaired) electrons. The SMILES string of the molecule is CCC(Br)[Si](C)(C)Cl. The smallest absolute Gasteiger partial charge is 0.163 e. The van der Waals surface area contributed by atoms with E-state index in [1.807, 2.05) is 0 Å². The molecule has 0 N–H and O–H groups in total. The molecule has 0 bridgehead atoms. The molecule has 0 nitrogen and oxygen atoms in total. The van der Waals surface area contributed by atoms with Gasteiger partial charge in [0.2, 0.25) is 0 Å². The predicted molar refractivity (Wildman–Crippen MR) is 46.3 cm³/mol. The highest BCUT2D eigenvalue weighted by atomic mass is 79.9. The highest BCUT2D eigenvalue weighted by molar-refractivity contribution is 9.10. The highest BCUT2D eigenvalue weighted by Crippen LogP contribution is 2.22. The topological polar surface area (TPSA) is 0 Å².